The van der Waals surface area contributed by atoms with Gasteiger partial charge in [-0.25, -0.2) is 0 Å². The number of hydrogen-bond donors (Lipinski definition) is 2. The van der Waals surface area contributed by atoms with E-state index < -0.39 is 0 Å². The summed E-state index contributed by atoms with van der Waals surface area (Å²) >= 11 is 1.62. The van der Waals surface area contributed by atoms with Crippen molar-refractivity contribution in [3.05, 3.63) is 51.4 Å². The molecule has 0 saturated heterocycles. The summed E-state index contributed by atoms with van der Waals surface area (Å²) in [5.74, 6) is 0.635. The van der Waals surface area contributed by atoms with E-state index in [2.05, 4.69) is 57.3 Å². The van der Waals surface area contributed by atoms with Crippen LogP contribution in [0.4, 0.5) is 5.00 Å². The lowest BCUT2D eigenvalue weighted by atomic mass is 9.69. The Kier molecular flexibility index (Phi) is 5.42. The molecule has 0 fully saturated rings. The average molecular weight is 371 g/mol. The molecule has 4 heteroatoms. The molecule has 1 atom stereocenters. The van der Waals surface area contributed by atoms with Gasteiger partial charge in [0, 0.05) is 11.4 Å². The minimum atomic E-state index is -0.0335. The van der Waals surface area contributed by atoms with Crippen molar-refractivity contribution in [3.8, 4) is 0 Å². The van der Waals surface area contributed by atoms with Crippen LogP contribution in [0, 0.1) is 18.3 Å². The number of carbonyl (C=O) groups excluding carboxylic acids is 1. The number of amides is 1. The molecule has 1 aliphatic rings. The van der Waals surface area contributed by atoms with E-state index in [4.69, 9.17) is 5.73 Å². The molecule has 3 rings (SSSR count). The van der Waals surface area contributed by atoms with Gasteiger partial charge in [-0.3, -0.25) is 4.79 Å². The molecule has 140 valence electrons. The van der Waals surface area contributed by atoms with E-state index >= 15 is 0 Å². The number of nitrogens with two attached hydrogens (primary N) is 1. The first-order chi connectivity index (χ1) is 12.3. The zero-order chi connectivity index (χ0) is 18.9. The third-order valence-electron chi connectivity index (χ3n) is 6.11. The first kappa shape index (κ1) is 19.0. The largest absolute Gasteiger partial charge is 0.390 e. The molecular formula is C22H30N2OS. The molecular weight excluding hydrogens is 340 g/mol. The van der Waals surface area contributed by atoms with Gasteiger partial charge in [-0.1, -0.05) is 57.0 Å². The fraction of sp³-hybridized carbons (Fsp3) is 0.500. The lowest BCUT2D eigenvalue weighted by Crippen LogP contribution is -2.29. The first-order valence-electron chi connectivity index (χ1n) is 9.55. The van der Waals surface area contributed by atoms with Crippen LogP contribution >= 0.6 is 11.3 Å². The highest BCUT2D eigenvalue weighted by Gasteiger charge is 2.34. The van der Waals surface area contributed by atoms with E-state index in [1.165, 1.54) is 22.4 Å². The van der Waals surface area contributed by atoms with Gasteiger partial charge in [-0.2, -0.15) is 0 Å². The van der Waals surface area contributed by atoms with Crippen molar-refractivity contribution in [2.45, 2.75) is 59.9 Å². The number of hydrogen-bond acceptors (Lipinski definition) is 3. The number of fused-ring (bicyclic) bond motifs is 1. The fourth-order valence-electron chi connectivity index (χ4n) is 3.79. The normalized spacial score (nSPS) is 17.0. The smallest absolute Gasteiger partial charge is 0.254 e. The highest BCUT2D eigenvalue weighted by atomic mass is 32.1. The van der Waals surface area contributed by atoms with Gasteiger partial charge in [0.1, 0.15) is 0 Å². The van der Waals surface area contributed by atoms with Gasteiger partial charge < -0.3 is 11.1 Å². The predicted octanol–water partition coefficient (Wildman–Crippen LogP) is 5.11. The van der Waals surface area contributed by atoms with E-state index in [9.17, 15) is 4.79 Å². The third-order valence-corrected chi connectivity index (χ3v) is 7.19. The van der Waals surface area contributed by atoms with Crippen molar-refractivity contribution in [2.24, 2.45) is 11.3 Å². The number of carbonyl (C=O) groups is 1. The summed E-state index contributed by atoms with van der Waals surface area (Å²) in [6.07, 6.45) is 4.33. The number of anilines is 1. The van der Waals surface area contributed by atoms with E-state index in [0.717, 1.165) is 30.4 Å². The number of rotatable bonds is 5. The SMILES string of the molecule is CCC(C)(C)[C@@H]1CCc2c(sc(N)c2C(=O)NCc2ccc(C)cc2)C1. The molecule has 0 bridgehead atoms. The molecule has 1 aromatic carbocycles. The second-order valence-corrected chi connectivity index (χ2v) is 9.33. The highest BCUT2D eigenvalue weighted by Crippen LogP contribution is 2.44. The van der Waals surface area contributed by atoms with Crippen molar-refractivity contribution >= 4 is 22.2 Å². The third kappa shape index (κ3) is 3.80. The van der Waals surface area contributed by atoms with Crippen LogP contribution < -0.4 is 11.1 Å². The molecule has 0 unspecified atom stereocenters. The molecule has 0 saturated carbocycles. The average Bonchev–Trinajstić information content (AvgIpc) is 2.96. The Morgan fingerprint density at radius 3 is 2.65 bits per heavy atom. The Balaban J connectivity index is 1.73. The van der Waals surface area contributed by atoms with Crippen LogP contribution in [0.5, 0.6) is 0 Å². The fourth-order valence-corrected chi connectivity index (χ4v) is 4.98. The van der Waals surface area contributed by atoms with Gasteiger partial charge in [0.2, 0.25) is 0 Å². The van der Waals surface area contributed by atoms with Gasteiger partial charge in [0.15, 0.2) is 0 Å². The predicted molar refractivity (Wildman–Crippen MR) is 111 cm³/mol. The minimum absolute atomic E-state index is 0.0335. The Hall–Kier alpha value is -1.81. The molecule has 0 aliphatic heterocycles. The highest BCUT2D eigenvalue weighted by molar-refractivity contribution is 7.16. The summed E-state index contributed by atoms with van der Waals surface area (Å²) in [5.41, 5.74) is 10.8. The van der Waals surface area contributed by atoms with Crippen LogP contribution in [0.15, 0.2) is 24.3 Å². The zero-order valence-electron chi connectivity index (χ0n) is 16.3. The van der Waals surface area contributed by atoms with Crippen LogP contribution in [-0.4, -0.2) is 5.91 Å². The quantitative estimate of drug-likeness (QED) is 0.768. The molecule has 0 radical (unpaired) electrons. The standard InChI is InChI=1S/C22H30N2OS/c1-5-22(3,4)16-10-11-17-18(12-16)26-20(23)19(17)21(25)24-13-15-8-6-14(2)7-9-15/h6-9,16H,5,10-13,23H2,1-4H3,(H,24,25)/t16-/m1/s1. The number of nitrogen functional groups attached to an aromatic ring is 1. The second-order valence-electron chi connectivity index (χ2n) is 8.19. The lowest BCUT2D eigenvalue weighted by molar-refractivity contribution is 0.0950. The monoisotopic (exact) mass is 370 g/mol. The topological polar surface area (TPSA) is 55.1 Å². The van der Waals surface area contributed by atoms with Crippen molar-refractivity contribution in [3.63, 3.8) is 0 Å². The molecule has 3 nitrogen and oxygen atoms in total. The number of nitrogens with one attached hydrogen (secondary N) is 1. The molecule has 2 aromatic rings. The van der Waals surface area contributed by atoms with Crippen molar-refractivity contribution in [1.29, 1.82) is 0 Å². The van der Waals surface area contributed by atoms with Crippen molar-refractivity contribution < 1.29 is 4.79 Å². The summed E-state index contributed by atoms with van der Waals surface area (Å²) in [6, 6.07) is 8.24. The summed E-state index contributed by atoms with van der Waals surface area (Å²) in [4.78, 5) is 14.1. The summed E-state index contributed by atoms with van der Waals surface area (Å²) < 4.78 is 0. The Bertz CT molecular complexity index is 789. The van der Waals surface area contributed by atoms with E-state index in [1.54, 1.807) is 11.3 Å². The number of aryl methyl sites for hydroxylation is 1. The van der Waals surface area contributed by atoms with Gasteiger partial charge >= 0.3 is 0 Å². The van der Waals surface area contributed by atoms with Gasteiger partial charge in [-0.05, 0) is 48.6 Å². The molecule has 0 spiro atoms. The summed E-state index contributed by atoms with van der Waals surface area (Å²) in [7, 11) is 0. The molecule has 1 amide bonds. The maximum atomic E-state index is 12.8. The van der Waals surface area contributed by atoms with Crippen LogP contribution in [0.25, 0.3) is 0 Å². The molecule has 1 aromatic heterocycles. The molecule has 3 N–H and O–H groups in total. The molecule has 1 aliphatic carbocycles. The van der Waals surface area contributed by atoms with Crippen molar-refractivity contribution in [2.75, 3.05) is 5.73 Å². The van der Waals surface area contributed by atoms with E-state index in [-0.39, 0.29) is 5.91 Å². The van der Waals surface area contributed by atoms with E-state index in [0.29, 0.717) is 22.9 Å². The minimum Gasteiger partial charge on any atom is -0.390 e. The van der Waals surface area contributed by atoms with Crippen molar-refractivity contribution in [1.82, 2.24) is 5.32 Å². The molecule has 1 heterocycles. The Morgan fingerprint density at radius 2 is 2.00 bits per heavy atom. The molecule has 26 heavy (non-hydrogen) atoms. The number of thiophene rings is 1. The zero-order valence-corrected chi connectivity index (χ0v) is 17.1. The van der Waals surface area contributed by atoms with Gasteiger partial charge in [0.25, 0.3) is 5.91 Å². The Morgan fingerprint density at radius 1 is 1.31 bits per heavy atom. The van der Waals surface area contributed by atoms with Gasteiger partial charge in [-0.15, -0.1) is 11.3 Å². The second kappa shape index (κ2) is 7.43. The van der Waals surface area contributed by atoms with E-state index in [1.807, 2.05) is 0 Å². The van der Waals surface area contributed by atoms with Crippen LogP contribution in [0.1, 0.15) is 65.5 Å². The maximum Gasteiger partial charge on any atom is 0.254 e. The maximum absolute atomic E-state index is 12.8. The lowest BCUT2D eigenvalue weighted by Gasteiger charge is -2.36. The number of benzene rings is 1. The summed E-state index contributed by atoms with van der Waals surface area (Å²) in [6.45, 7) is 9.58. The van der Waals surface area contributed by atoms with Crippen LogP contribution in [0.2, 0.25) is 0 Å². The first-order valence-corrected chi connectivity index (χ1v) is 10.4. The van der Waals surface area contributed by atoms with Crippen LogP contribution in [0.3, 0.4) is 0 Å². The van der Waals surface area contributed by atoms with Gasteiger partial charge in [0.05, 0.1) is 10.6 Å². The summed E-state index contributed by atoms with van der Waals surface area (Å²) in [5, 5.41) is 3.72. The Labute approximate surface area is 161 Å². The van der Waals surface area contributed by atoms with Crippen LogP contribution in [-0.2, 0) is 19.4 Å².